The molecule has 0 radical (unpaired) electrons. The second-order valence-corrected chi connectivity index (χ2v) is 6.38. The summed E-state index contributed by atoms with van der Waals surface area (Å²) < 4.78 is 32.2. The molecule has 0 saturated carbocycles. The molecule has 0 fully saturated rings. The van der Waals surface area contributed by atoms with Crippen molar-refractivity contribution >= 4 is 15.7 Å². The highest BCUT2D eigenvalue weighted by atomic mass is 32.2. The Hall–Kier alpha value is -2.05. The summed E-state index contributed by atoms with van der Waals surface area (Å²) in [6.45, 7) is 1.85. The number of hydrogen-bond acceptors (Lipinski definition) is 4. The van der Waals surface area contributed by atoms with Crippen molar-refractivity contribution in [1.29, 1.82) is 0 Å². The van der Waals surface area contributed by atoms with E-state index in [0.717, 1.165) is 5.56 Å². The van der Waals surface area contributed by atoms with E-state index in [2.05, 4.69) is 4.72 Å². The molecule has 0 spiro atoms. The van der Waals surface area contributed by atoms with Crippen LogP contribution in [0.5, 0.6) is 5.75 Å². The van der Waals surface area contributed by atoms with Gasteiger partial charge in [-0.3, -0.25) is 4.72 Å². The fourth-order valence-electron chi connectivity index (χ4n) is 1.85. The van der Waals surface area contributed by atoms with Crippen LogP contribution in [0, 0.1) is 0 Å². The van der Waals surface area contributed by atoms with Crippen molar-refractivity contribution in [2.24, 2.45) is 5.73 Å². The van der Waals surface area contributed by atoms with Crippen molar-refractivity contribution in [3.63, 3.8) is 0 Å². The van der Waals surface area contributed by atoms with Crippen LogP contribution < -0.4 is 15.2 Å². The zero-order chi connectivity index (χ0) is 15.5. The maximum absolute atomic E-state index is 12.3. The molecule has 2 aromatic rings. The van der Waals surface area contributed by atoms with Crippen molar-refractivity contribution in [2.75, 3.05) is 11.8 Å². The van der Waals surface area contributed by atoms with E-state index in [1.807, 2.05) is 6.92 Å². The Labute approximate surface area is 124 Å². The SMILES string of the molecule is COc1cccc(NS(=O)(=O)c2ccc(C(C)N)cc2)c1. The van der Waals surface area contributed by atoms with Crippen LogP contribution in [0.15, 0.2) is 53.4 Å². The van der Waals surface area contributed by atoms with Crippen LogP contribution in [0.1, 0.15) is 18.5 Å². The van der Waals surface area contributed by atoms with Gasteiger partial charge in [0.2, 0.25) is 0 Å². The van der Waals surface area contributed by atoms with E-state index >= 15 is 0 Å². The molecule has 0 saturated heterocycles. The van der Waals surface area contributed by atoms with Gasteiger partial charge in [-0.25, -0.2) is 8.42 Å². The summed E-state index contributed by atoms with van der Waals surface area (Å²) in [5, 5.41) is 0. The van der Waals surface area contributed by atoms with Gasteiger partial charge < -0.3 is 10.5 Å². The van der Waals surface area contributed by atoms with E-state index in [9.17, 15) is 8.42 Å². The molecule has 0 aliphatic rings. The molecule has 0 aliphatic carbocycles. The minimum atomic E-state index is -3.63. The average molecular weight is 306 g/mol. The number of sulfonamides is 1. The zero-order valence-corrected chi connectivity index (χ0v) is 12.7. The van der Waals surface area contributed by atoms with Gasteiger partial charge in [-0.05, 0) is 36.8 Å². The first-order chi connectivity index (χ1) is 9.92. The molecule has 6 heteroatoms. The summed E-state index contributed by atoms with van der Waals surface area (Å²) in [4.78, 5) is 0.190. The molecule has 5 nitrogen and oxygen atoms in total. The van der Waals surface area contributed by atoms with Crippen molar-refractivity contribution in [2.45, 2.75) is 17.9 Å². The maximum Gasteiger partial charge on any atom is 0.261 e. The van der Waals surface area contributed by atoms with E-state index in [-0.39, 0.29) is 10.9 Å². The van der Waals surface area contributed by atoms with Gasteiger partial charge >= 0.3 is 0 Å². The quantitative estimate of drug-likeness (QED) is 0.889. The Morgan fingerprint density at radius 2 is 1.81 bits per heavy atom. The molecule has 2 aromatic carbocycles. The zero-order valence-electron chi connectivity index (χ0n) is 11.9. The number of nitrogens with one attached hydrogen (secondary N) is 1. The summed E-state index contributed by atoms with van der Waals surface area (Å²) in [5.41, 5.74) is 7.08. The smallest absolute Gasteiger partial charge is 0.261 e. The minimum absolute atomic E-state index is 0.131. The average Bonchev–Trinajstić information content (AvgIpc) is 2.47. The minimum Gasteiger partial charge on any atom is -0.497 e. The molecule has 1 atom stereocenters. The lowest BCUT2D eigenvalue weighted by Crippen LogP contribution is -2.13. The fraction of sp³-hybridized carbons (Fsp3) is 0.200. The normalized spacial score (nSPS) is 12.7. The van der Waals surface area contributed by atoms with Gasteiger partial charge in [0.05, 0.1) is 17.7 Å². The number of rotatable bonds is 5. The number of nitrogens with two attached hydrogens (primary N) is 1. The summed E-state index contributed by atoms with van der Waals surface area (Å²) in [6, 6.07) is 13.1. The highest BCUT2D eigenvalue weighted by molar-refractivity contribution is 7.92. The van der Waals surface area contributed by atoms with Crippen LogP contribution in [-0.4, -0.2) is 15.5 Å². The number of methoxy groups -OCH3 is 1. The monoisotopic (exact) mass is 306 g/mol. The van der Waals surface area contributed by atoms with Crippen LogP contribution in [0.25, 0.3) is 0 Å². The second kappa shape index (κ2) is 6.15. The predicted molar refractivity (Wildman–Crippen MR) is 82.8 cm³/mol. The summed E-state index contributed by atoms with van der Waals surface area (Å²) in [7, 11) is -2.10. The van der Waals surface area contributed by atoms with Crippen LogP contribution in [0.3, 0.4) is 0 Å². The summed E-state index contributed by atoms with van der Waals surface area (Å²) in [5.74, 6) is 0.586. The standard InChI is InChI=1S/C15H18N2O3S/c1-11(16)12-6-8-15(9-7-12)21(18,19)17-13-4-3-5-14(10-13)20-2/h3-11,17H,16H2,1-2H3. The molecular weight excluding hydrogens is 288 g/mol. The Balaban J connectivity index is 2.25. The lowest BCUT2D eigenvalue weighted by molar-refractivity contribution is 0.415. The first kappa shape index (κ1) is 15.3. The lowest BCUT2D eigenvalue weighted by Gasteiger charge is -2.10. The number of anilines is 1. The fourth-order valence-corrected chi connectivity index (χ4v) is 2.90. The van der Waals surface area contributed by atoms with Crippen molar-refractivity contribution < 1.29 is 13.2 Å². The van der Waals surface area contributed by atoms with Crippen LogP contribution in [0.4, 0.5) is 5.69 Å². The first-order valence-corrected chi connectivity index (χ1v) is 7.93. The third kappa shape index (κ3) is 3.74. The molecule has 0 aromatic heterocycles. The highest BCUT2D eigenvalue weighted by Crippen LogP contribution is 2.21. The molecular formula is C15H18N2O3S. The highest BCUT2D eigenvalue weighted by Gasteiger charge is 2.14. The molecule has 0 aliphatic heterocycles. The predicted octanol–water partition coefficient (Wildman–Crippen LogP) is 2.52. The second-order valence-electron chi connectivity index (χ2n) is 4.70. The van der Waals surface area contributed by atoms with Crippen LogP contribution in [0.2, 0.25) is 0 Å². The van der Waals surface area contributed by atoms with E-state index < -0.39 is 10.0 Å². The van der Waals surface area contributed by atoms with E-state index in [4.69, 9.17) is 10.5 Å². The summed E-state index contributed by atoms with van der Waals surface area (Å²) >= 11 is 0. The van der Waals surface area contributed by atoms with E-state index in [1.54, 1.807) is 48.5 Å². The molecule has 0 bridgehead atoms. The Morgan fingerprint density at radius 3 is 2.38 bits per heavy atom. The van der Waals surface area contributed by atoms with E-state index in [1.165, 1.54) is 7.11 Å². The Morgan fingerprint density at radius 1 is 1.14 bits per heavy atom. The van der Waals surface area contributed by atoms with Gasteiger partial charge in [-0.2, -0.15) is 0 Å². The van der Waals surface area contributed by atoms with Crippen molar-refractivity contribution in [1.82, 2.24) is 0 Å². The topological polar surface area (TPSA) is 81.4 Å². The van der Waals surface area contributed by atoms with Gasteiger partial charge in [-0.15, -0.1) is 0 Å². The number of hydrogen-bond donors (Lipinski definition) is 2. The van der Waals surface area contributed by atoms with Crippen LogP contribution >= 0.6 is 0 Å². The molecule has 112 valence electrons. The summed E-state index contributed by atoms with van der Waals surface area (Å²) in [6.07, 6.45) is 0. The molecule has 1 unspecified atom stereocenters. The molecule has 0 heterocycles. The Bertz CT molecular complexity index is 710. The van der Waals surface area contributed by atoms with Gasteiger partial charge in [0, 0.05) is 12.1 Å². The molecule has 0 amide bonds. The Kier molecular flexibility index (Phi) is 4.50. The number of benzene rings is 2. The van der Waals surface area contributed by atoms with Gasteiger partial charge in [-0.1, -0.05) is 18.2 Å². The van der Waals surface area contributed by atoms with Gasteiger partial charge in [0.15, 0.2) is 0 Å². The van der Waals surface area contributed by atoms with Gasteiger partial charge in [0.25, 0.3) is 10.0 Å². The maximum atomic E-state index is 12.3. The van der Waals surface area contributed by atoms with Crippen molar-refractivity contribution in [3.8, 4) is 5.75 Å². The van der Waals surface area contributed by atoms with Gasteiger partial charge in [0.1, 0.15) is 5.75 Å². The first-order valence-electron chi connectivity index (χ1n) is 6.45. The molecule has 2 rings (SSSR count). The lowest BCUT2D eigenvalue weighted by atomic mass is 10.1. The third-order valence-electron chi connectivity index (χ3n) is 3.04. The van der Waals surface area contributed by atoms with E-state index in [0.29, 0.717) is 11.4 Å². The van der Waals surface area contributed by atoms with Crippen molar-refractivity contribution in [3.05, 3.63) is 54.1 Å². The third-order valence-corrected chi connectivity index (χ3v) is 4.44. The molecule has 3 N–H and O–H groups in total. The largest absolute Gasteiger partial charge is 0.497 e. The van der Waals surface area contributed by atoms with Crippen LogP contribution in [-0.2, 0) is 10.0 Å². The number of ether oxygens (including phenoxy) is 1. The molecule has 21 heavy (non-hydrogen) atoms.